The van der Waals surface area contributed by atoms with Gasteiger partial charge >= 0.3 is 6.18 Å². The van der Waals surface area contributed by atoms with Gasteiger partial charge in [-0.1, -0.05) is 11.6 Å². The molecule has 20 heavy (non-hydrogen) atoms. The highest BCUT2D eigenvalue weighted by Gasteiger charge is 2.36. The highest BCUT2D eigenvalue weighted by atomic mass is 35.5. The minimum atomic E-state index is -4.50. The van der Waals surface area contributed by atoms with Crippen LogP contribution >= 0.6 is 11.6 Å². The van der Waals surface area contributed by atoms with Crippen LogP contribution in [0.4, 0.5) is 18.9 Å². The Hall–Kier alpha value is -1.49. The van der Waals surface area contributed by atoms with E-state index in [1.54, 1.807) is 12.1 Å². The molecule has 2 nitrogen and oxygen atoms in total. The number of nitrogens with zero attached hydrogens (tertiary/aromatic N) is 1. The van der Waals surface area contributed by atoms with Gasteiger partial charge in [0.15, 0.2) is 0 Å². The van der Waals surface area contributed by atoms with Gasteiger partial charge in [0.2, 0.25) is 0 Å². The highest BCUT2D eigenvalue weighted by molar-refractivity contribution is 6.35. The van der Waals surface area contributed by atoms with Gasteiger partial charge < -0.3 is 5.32 Å². The Morgan fingerprint density at radius 3 is 2.45 bits per heavy atom. The van der Waals surface area contributed by atoms with Crippen LogP contribution in [0.5, 0.6) is 0 Å². The fraction of sp³-hybridized carbons (Fsp3) is 0.357. The average molecular weight is 303 g/mol. The van der Waals surface area contributed by atoms with E-state index in [0.717, 1.165) is 5.56 Å². The molecule has 0 saturated carbocycles. The molecule has 1 aromatic carbocycles. The van der Waals surface area contributed by atoms with Gasteiger partial charge in [-0.25, -0.2) is 4.98 Å². The van der Waals surface area contributed by atoms with E-state index in [1.165, 1.54) is 6.92 Å². The monoisotopic (exact) mass is 302 g/mol. The van der Waals surface area contributed by atoms with Crippen molar-refractivity contribution in [3.63, 3.8) is 0 Å². The minimum absolute atomic E-state index is 0.0912. The molecule has 0 fully saturated rings. The lowest BCUT2D eigenvalue weighted by Crippen LogP contribution is -2.13. The first-order valence-corrected chi connectivity index (χ1v) is 6.55. The zero-order chi connectivity index (χ0) is 15.1. The Morgan fingerprint density at radius 1 is 1.25 bits per heavy atom. The summed E-state index contributed by atoms with van der Waals surface area (Å²) in [5.74, 6) is 0. The normalized spacial score (nSPS) is 11.9. The second-order valence-electron chi connectivity index (χ2n) is 4.63. The number of alkyl halides is 3. The van der Waals surface area contributed by atoms with Crippen molar-refractivity contribution in [1.82, 2.24) is 4.98 Å². The third-order valence-electron chi connectivity index (χ3n) is 3.05. The molecular formula is C14H14ClF3N2. The van der Waals surface area contributed by atoms with Gasteiger partial charge in [-0.05, 0) is 38.5 Å². The van der Waals surface area contributed by atoms with Gasteiger partial charge in [0.1, 0.15) is 5.69 Å². The second kappa shape index (κ2) is 5.13. The van der Waals surface area contributed by atoms with Crippen molar-refractivity contribution < 1.29 is 13.2 Å². The lowest BCUT2D eigenvalue weighted by molar-refractivity contribution is -0.141. The Kier molecular flexibility index (Phi) is 3.82. The van der Waals surface area contributed by atoms with E-state index in [0.29, 0.717) is 17.6 Å². The maximum Gasteiger partial charge on any atom is 0.433 e. The summed E-state index contributed by atoms with van der Waals surface area (Å²) in [6.07, 6.45) is -4.50. The first-order valence-electron chi connectivity index (χ1n) is 6.17. The molecule has 108 valence electrons. The number of benzene rings is 1. The molecule has 0 saturated heterocycles. The number of hydrogen-bond acceptors (Lipinski definition) is 2. The largest absolute Gasteiger partial charge is 0.433 e. The summed E-state index contributed by atoms with van der Waals surface area (Å²) in [6, 6.07) is 3.40. The Balaban J connectivity index is 2.91. The summed E-state index contributed by atoms with van der Waals surface area (Å²) >= 11 is 6.05. The number of rotatable bonds is 2. The maximum absolute atomic E-state index is 13.1. The fourth-order valence-electron chi connectivity index (χ4n) is 2.24. The molecule has 0 unspecified atom stereocenters. The van der Waals surface area contributed by atoms with Crippen molar-refractivity contribution in [2.24, 2.45) is 0 Å². The Morgan fingerprint density at radius 2 is 1.90 bits per heavy atom. The van der Waals surface area contributed by atoms with Crippen LogP contribution in [0.2, 0.25) is 5.02 Å². The predicted octanol–water partition coefficient (Wildman–Crippen LogP) is 4.96. The quantitative estimate of drug-likeness (QED) is 0.848. The summed E-state index contributed by atoms with van der Waals surface area (Å²) < 4.78 is 39.2. The predicted molar refractivity (Wildman–Crippen MR) is 75.4 cm³/mol. The van der Waals surface area contributed by atoms with Crippen LogP contribution in [-0.2, 0) is 6.18 Å². The lowest BCUT2D eigenvalue weighted by atomic mass is 10.0. The summed E-state index contributed by atoms with van der Waals surface area (Å²) in [5, 5.41) is 3.83. The molecule has 0 atom stereocenters. The van der Waals surface area contributed by atoms with Gasteiger partial charge in [-0.2, -0.15) is 13.2 Å². The molecule has 0 spiro atoms. The number of pyridine rings is 1. The van der Waals surface area contributed by atoms with Crippen LogP contribution < -0.4 is 5.32 Å². The first-order chi connectivity index (χ1) is 9.25. The molecule has 1 aromatic heterocycles. The molecule has 0 aliphatic heterocycles. The maximum atomic E-state index is 13.1. The molecule has 0 radical (unpaired) electrons. The standard InChI is InChI=1S/C14H14ClF3N2/c1-4-19-11-8(3)13(14(16,17)18)20-12-9(11)5-7(2)6-10(12)15/h5-6H,4H2,1-3H3,(H,19,20). The van der Waals surface area contributed by atoms with Crippen molar-refractivity contribution >= 4 is 28.2 Å². The average Bonchev–Trinajstić information content (AvgIpc) is 2.31. The number of nitrogens with one attached hydrogen (secondary N) is 1. The molecule has 2 rings (SSSR count). The second-order valence-corrected chi connectivity index (χ2v) is 5.04. The number of fused-ring (bicyclic) bond motifs is 1. The van der Waals surface area contributed by atoms with Crippen LogP contribution in [0.15, 0.2) is 12.1 Å². The number of hydrogen-bond donors (Lipinski definition) is 1. The van der Waals surface area contributed by atoms with E-state index >= 15 is 0 Å². The first kappa shape index (κ1) is 14.9. The van der Waals surface area contributed by atoms with E-state index in [1.807, 2.05) is 13.8 Å². The zero-order valence-electron chi connectivity index (χ0n) is 11.3. The summed E-state index contributed by atoms with van der Waals surface area (Å²) in [6.45, 7) is 5.61. The van der Waals surface area contributed by atoms with Gasteiger partial charge in [-0.15, -0.1) is 0 Å². The van der Waals surface area contributed by atoms with Crippen LogP contribution in [0, 0.1) is 13.8 Å². The lowest BCUT2D eigenvalue weighted by Gasteiger charge is -2.17. The molecular weight excluding hydrogens is 289 g/mol. The number of anilines is 1. The zero-order valence-corrected chi connectivity index (χ0v) is 12.1. The van der Waals surface area contributed by atoms with Crippen molar-refractivity contribution in [3.05, 3.63) is 34.0 Å². The smallest absolute Gasteiger partial charge is 0.385 e. The van der Waals surface area contributed by atoms with Gasteiger partial charge in [0.05, 0.1) is 10.5 Å². The van der Waals surface area contributed by atoms with Crippen molar-refractivity contribution in [2.75, 3.05) is 11.9 Å². The Bertz CT molecular complexity index is 666. The minimum Gasteiger partial charge on any atom is -0.385 e. The molecule has 0 bridgehead atoms. The summed E-state index contributed by atoms with van der Waals surface area (Å²) in [7, 11) is 0. The van der Waals surface area contributed by atoms with Gasteiger partial charge in [-0.3, -0.25) is 0 Å². The summed E-state index contributed by atoms with van der Waals surface area (Å²) in [4.78, 5) is 3.73. The third-order valence-corrected chi connectivity index (χ3v) is 3.34. The van der Waals surface area contributed by atoms with Crippen molar-refractivity contribution in [2.45, 2.75) is 26.9 Å². The molecule has 0 aliphatic carbocycles. The van der Waals surface area contributed by atoms with E-state index in [9.17, 15) is 13.2 Å². The molecule has 1 N–H and O–H groups in total. The topological polar surface area (TPSA) is 24.9 Å². The van der Waals surface area contributed by atoms with Gasteiger partial charge in [0.25, 0.3) is 0 Å². The van der Waals surface area contributed by atoms with E-state index in [4.69, 9.17) is 11.6 Å². The third kappa shape index (κ3) is 2.54. The van der Waals surface area contributed by atoms with Crippen molar-refractivity contribution in [1.29, 1.82) is 0 Å². The molecule has 2 aromatic rings. The molecule has 1 heterocycles. The number of aromatic nitrogens is 1. The van der Waals surface area contributed by atoms with Crippen LogP contribution in [-0.4, -0.2) is 11.5 Å². The molecule has 0 aliphatic rings. The molecule has 0 amide bonds. The number of halogens is 4. The van der Waals surface area contributed by atoms with E-state index in [2.05, 4.69) is 10.3 Å². The van der Waals surface area contributed by atoms with E-state index < -0.39 is 11.9 Å². The summed E-state index contributed by atoms with van der Waals surface area (Å²) in [5.41, 5.74) is 0.685. The SMILES string of the molecule is CCNc1c(C)c(C(F)(F)F)nc2c(Cl)cc(C)cc12. The fourth-order valence-corrected chi connectivity index (χ4v) is 2.55. The van der Waals surface area contributed by atoms with Gasteiger partial charge in [0, 0.05) is 23.2 Å². The van der Waals surface area contributed by atoms with Crippen LogP contribution in [0.3, 0.4) is 0 Å². The van der Waals surface area contributed by atoms with Crippen LogP contribution in [0.1, 0.15) is 23.7 Å². The molecule has 6 heteroatoms. The van der Waals surface area contributed by atoms with Crippen molar-refractivity contribution in [3.8, 4) is 0 Å². The Labute approximate surface area is 120 Å². The number of aryl methyl sites for hydroxylation is 1. The highest BCUT2D eigenvalue weighted by Crippen LogP contribution is 2.39. The van der Waals surface area contributed by atoms with E-state index in [-0.39, 0.29) is 16.1 Å². The van der Waals surface area contributed by atoms with Crippen LogP contribution in [0.25, 0.3) is 10.9 Å².